The third-order valence-electron chi connectivity index (χ3n) is 1.38. The summed E-state index contributed by atoms with van der Waals surface area (Å²) in [4.78, 5) is 7.23. The van der Waals surface area contributed by atoms with Crippen molar-refractivity contribution in [1.29, 1.82) is 0 Å². The highest BCUT2D eigenvalue weighted by molar-refractivity contribution is 7.98. The minimum absolute atomic E-state index is 1.03. The van der Waals surface area contributed by atoms with Crippen molar-refractivity contribution < 1.29 is 0 Å². The Bertz CT molecular complexity index is 195. The second kappa shape index (κ2) is 3.66. The van der Waals surface area contributed by atoms with Gasteiger partial charge in [-0.1, -0.05) is 6.92 Å². The topological polar surface area (TPSA) is 28.7 Å². The first kappa shape index (κ1) is 7.66. The Balaban J connectivity index is 2.49. The van der Waals surface area contributed by atoms with Gasteiger partial charge in [0.1, 0.15) is 0 Å². The maximum atomic E-state index is 4.18. The molecule has 1 aromatic rings. The summed E-state index contributed by atoms with van der Waals surface area (Å²) in [6.45, 7) is 4.21. The molecule has 0 fully saturated rings. The van der Waals surface area contributed by atoms with Gasteiger partial charge >= 0.3 is 0 Å². The summed E-state index contributed by atoms with van der Waals surface area (Å²) in [6, 6.07) is 0. The van der Waals surface area contributed by atoms with Crippen molar-refractivity contribution in [3.8, 4) is 0 Å². The molecule has 1 N–H and O–H groups in total. The second-order valence-electron chi connectivity index (χ2n) is 2.11. The van der Waals surface area contributed by atoms with Crippen molar-refractivity contribution in [1.82, 2.24) is 9.97 Å². The predicted octanol–water partition coefficient (Wildman–Crippen LogP) is 1.97. The third kappa shape index (κ3) is 1.77. The Morgan fingerprint density at radius 1 is 1.70 bits per heavy atom. The first-order chi connectivity index (χ1) is 4.84. The van der Waals surface area contributed by atoms with Gasteiger partial charge in [-0.15, -0.1) is 0 Å². The third-order valence-corrected chi connectivity index (χ3v) is 2.26. The Kier molecular flexibility index (Phi) is 2.81. The summed E-state index contributed by atoms with van der Waals surface area (Å²) < 4.78 is 0. The molecule has 3 heteroatoms. The highest BCUT2D eigenvalue weighted by atomic mass is 32.2. The van der Waals surface area contributed by atoms with Crippen LogP contribution in [-0.2, 0) is 5.75 Å². The monoisotopic (exact) mass is 156 g/mol. The maximum absolute atomic E-state index is 4.18. The Morgan fingerprint density at radius 3 is 3.00 bits per heavy atom. The largest absolute Gasteiger partial charge is 0.348 e. The van der Waals surface area contributed by atoms with Crippen molar-refractivity contribution in [3.05, 3.63) is 17.7 Å². The fourth-order valence-electron chi connectivity index (χ4n) is 0.731. The minimum atomic E-state index is 1.03. The van der Waals surface area contributed by atoms with Crippen LogP contribution in [0.4, 0.5) is 0 Å². The Morgan fingerprint density at radius 2 is 2.50 bits per heavy atom. The molecule has 1 rings (SSSR count). The number of hydrogen-bond acceptors (Lipinski definition) is 2. The molecule has 56 valence electrons. The van der Waals surface area contributed by atoms with Gasteiger partial charge < -0.3 is 4.98 Å². The summed E-state index contributed by atoms with van der Waals surface area (Å²) in [5, 5.41) is 0. The van der Waals surface area contributed by atoms with Crippen LogP contribution >= 0.6 is 11.8 Å². The molecular formula is C7H12N2S. The molecular weight excluding hydrogens is 144 g/mol. The van der Waals surface area contributed by atoms with Crippen molar-refractivity contribution >= 4 is 11.8 Å². The summed E-state index contributed by atoms with van der Waals surface area (Å²) in [5.74, 6) is 2.19. The van der Waals surface area contributed by atoms with Crippen LogP contribution in [0.25, 0.3) is 0 Å². The van der Waals surface area contributed by atoms with Crippen molar-refractivity contribution in [2.24, 2.45) is 0 Å². The molecule has 0 unspecified atom stereocenters. The average molecular weight is 156 g/mol. The minimum Gasteiger partial charge on any atom is -0.348 e. The molecule has 2 nitrogen and oxygen atoms in total. The smallest absolute Gasteiger partial charge is 0.0925 e. The van der Waals surface area contributed by atoms with Crippen LogP contribution in [0.3, 0.4) is 0 Å². The molecule has 1 heterocycles. The lowest BCUT2D eigenvalue weighted by Gasteiger charge is -1.94. The molecule has 0 radical (unpaired) electrons. The molecule has 0 saturated heterocycles. The van der Waals surface area contributed by atoms with Crippen LogP contribution in [0.1, 0.15) is 18.3 Å². The quantitative estimate of drug-likeness (QED) is 0.724. The van der Waals surface area contributed by atoms with E-state index in [0.717, 1.165) is 11.5 Å². The van der Waals surface area contributed by atoms with E-state index in [4.69, 9.17) is 0 Å². The Labute approximate surface area is 65.4 Å². The van der Waals surface area contributed by atoms with E-state index in [-0.39, 0.29) is 0 Å². The normalized spacial score (nSPS) is 10.2. The number of thioether (sulfide) groups is 1. The van der Waals surface area contributed by atoms with Gasteiger partial charge in [0.15, 0.2) is 0 Å². The number of imidazole rings is 1. The number of aryl methyl sites for hydroxylation is 1. The average Bonchev–Trinajstić information content (AvgIpc) is 2.31. The lowest BCUT2D eigenvalue weighted by molar-refractivity contribution is 1.19. The maximum Gasteiger partial charge on any atom is 0.0925 e. The van der Waals surface area contributed by atoms with E-state index in [2.05, 4.69) is 23.8 Å². The first-order valence-corrected chi connectivity index (χ1v) is 4.56. The fraction of sp³-hybridized carbons (Fsp3) is 0.571. The van der Waals surface area contributed by atoms with Crippen LogP contribution in [0.15, 0.2) is 6.33 Å². The van der Waals surface area contributed by atoms with Gasteiger partial charge in [-0.2, -0.15) is 11.8 Å². The number of rotatable bonds is 3. The molecule has 0 bridgehead atoms. The standard InChI is InChI=1S/C7H12N2S/c1-3-10-4-7-6(2)8-5-9-7/h5H,3-4H2,1-2H3,(H,8,9). The van der Waals surface area contributed by atoms with Gasteiger partial charge in [0, 0.05) is 11.4 Å². The van der Waals surface area contributed by atoms with Gasteiger partial charge in [-0.3, -0.25) is 0 Å². The molecule has 0 atom stereocenters. The number of aromatic amines is 1. The zero-order valence-corrected chi connectivity index (χ0v) is 7.16. The molecule has 1 aromatic heterocycles. The molecule has 0 aromatic carbocycles. The van der Waals surface area contributed by atoms with Gasteiger partial charge in [0.25, 0.3) is 0 Å². The summed E-state index contributed by atoms with van der Waals surface area (Å²) in [5.41, 5.74) is 2.38. The van der Waals surface area contributed by atoms with Crippen LogP contribution in [0.2, 0.25) is 0 Å². The van der Waals surface area contributed by atoms with Gasteiger partial charge in [0.05, 0.1) is 12.0 Å². The van der Waals surface area contributed by atoms with E-state index < -0.39 is 0 Å². The van der Waals surface area contributed by atoms with Crippen molar-refractivity contribution in [3.63, 3.8) is 0 Å². The molecule has 0 amide bonds. The number of aromatic nitrogens is 2. The van der Waals surface area contributed by atoms with E-state index in [1.165, 1.54) is 11.4 Å². The number of nitrogens with one attached hydrogen (secondary N) is 1. The lowest BCUT2D eigenvalue weighted by Crippen LogP contribution is -1.83. The lowest BCUT2D eigenvalue weighted by atomic mass is 10.4. The van der Waals surface area contributed by atoms with E-state index in [9.17, 15) is 0 Å². The fourth-order valence-corrected chi connectivity index (χ4v) is 1.42. The van der Waals surface area contributed by atoms with Gasteiger partial charge in [-0.25, -0.2) is 4.98 Å². The van der Waals surface area contributed by atoms with Crippen LogP contribution < -0.4 is 0 Å². The molecule has 10 heavy (non-hydrogen) atoms. The van der Waals surface area contributed by atoms with E-state index in [1.54, 1.807) is 6.33 Å². The first-order valence-electron chi connectivity index (χ1n) is 3.41. The summed E-state index contributed by atoms with van der Waals surface area (Å²) >= 11 is 1.90. The van der Waals surface area contributed by atoms with E-state index in [1.807, 2.05) is 11.8 Å². The van der Waals surface area contributed by atoms with Crippen molar-refractivity contribution in [2.45, 2.75) is 19.6 Å². The number of H-pyrrole nitrogens is 1. The summed E-state index contributed by atoms with van der Waals surface area (Å²) in [6.07, 6.45) is 1.75. The number of nitrogens with zero attached hydrogens (tertiary/aromatic N) is 1. The summed E-state index contributed by atoms with van der Waals surface area (Å²) in [7, 11) is 0. The molecule has 0 aliphatic rings. The molecule has 0 spiro atoms. The molecule has 0 aliphatic heterocycles. The predicted molar refractivity (Wildman–Crippen MR) is 45.2 cm³/mol. The highest BCUT2D eigenvalue weighted by Crippen LogP contribution is 2.11. The molecule has 0 saturated carbocycles. The zero-order chi connectivity index (χ0) is 7.40. The van der Waals surface area contributed by atoms with Crippen LogP contribution in [0, 0.1) is 6.92 Å². The molecule has 0 aliphatic carbocycles. The van der Waals surface area contributed by atoms with Crippen molar-refractivity contribution in [2.75, 3.05) is 5.75 Å². The second-order valence-corrected chi connectivity index (χ2v) is 3.39. The van der Waals surface area contributed by atoms with Gasteiger partial charge in [-0.05, 0) is 12.7 Å². The van der Waals surface area contributed by atoms with Gasteiger partial charge in [0.2, 0.25) is 0 Å². The Hall–Kier alpha value is -0.440. The number of hydrogen-bond donors (Lipinski definition) is 1. The highest BCUT2D eigenvalue weighted by Gasteiger charge is 1.98. The van der Waals surface area contributed by atoms with Crippen LogP contribution in [-0.4, -0.2) is 15.7 Å². The van der Waals surface area contributed by atoms with Crippen LogP contribution in [0.5, 0.6) is 0 Å². The zero-order valence-electron chi connectivity index (χ0n) is 6.35. The van der Waals surface area contributed by atoms with E-state index in [0.29, 0.717) is 0 Å². The SMILES string of the molecule is CCSCc1nc[nH]c1C. The van der Waals surface area contributed by atoms with E-state index >= 15 is 0 Å².